The van der Waals surface area contributed by atoms with E-state index < -0.39 is 0 Å². The van der Waals surface area contributed by atoms with Crippen molar-refractivity contribution in [3.63, 3.8) is 0 Å². The van der Waals surface area contributed by atoms with E-state index in [4.69, 9.17) is 0 Å². The Morgan fingerprint density at radius 3 is 1.61 bits per heavy atom. The minimum atomic E-state index is -0.163. The summed E-state index contributed by atoms with van der Waals surface area (Å²) in [6.45, 7) is -0.151. The Morgan fingerprint density at radius 1 is 0.583 bits per heavy atom. The topological polar surface area (TPSA) is 37.3 Å². The van der Waals surface area contributed by atoms with Crippen LogP contribution in [0.15, 0.2) is 158 Å². The van der Waals surface area contributed by atoms with Gasteiger partial charge in [-0.15, -0.1) is 0 Å². The van der Waals surface area contributed by atoms with Crippen molar-refractivity contribution in [2.75, 3.05) is 0 Å². The van der Waals surface area contributed by atoms with E-state index in [9.17, 15) is 9.90 Å². The normalized spacial score (nSPS) is 10.9. The summed E-state index contributed by atoms with van der Waals surface area (Å²) in [7, 11) is -0.163. The highest BCUT2D eigenvalue weighted by molar-refractivity contribution is 7.99. The predicted molar refractivity (Wildman–Crippen MR) is 148 cm³/mol. The van der Waals surface area contributed by atoms with Crippen LogP contribution in [-0.4, -0.2) is 10.9 Å². The molecule has 0 heterocycles. The van der Waals surface area contributed by atoms with Crippen molar-refractivity contribution in [2.45, 2.75) is 31.1 Å². The fourth-order valence-corrected chi connectivity index (χ4v) is 6.91. The zero-order valence-electron chi connectivity index (χ0n) is 19.6. The second-order valence-electron chi connectivity index (χ2n) is 8.17. The molecule has 0 amide bonds. The zero-order valence-corrected chi connectivity index (χ0v) is 21.2. The quantitative estimate of drug-likeness (QED) is 0.174. The molecule has 0 saturated heterocycles. The number of benzene rings is 5. The molecule has 36 heavy (non-hydrogen) atoms. The first-order valence-corrected chi connectivity index (χ1v) is 13.7. The van der Waals surface area contributed by atoms with Gasteiger partial charge in [-0.05, 0) is 78.4 Å². The molecule has 1 N–H and O–H groups in total. The summed E-state index contributed by atoms with van der Waals surface area (Å²) in [6, 6.07) is 44.9. The van der Waals surface area contributed by atoms with Crippen LogP contribution >= 0.6 is 11.8 Å². The molecule has 0 fully saturated rings. The van der Waals surface area contributed by atoms with E-state index >= 15 is 0 Å². The van der Waals surface area contributed by atoms with Crippen LogP contribution in [0.3, 0.4) is 0 Å². The first-order valence-electron chi connectivity index (χ1n) is 11.7. The maximum absolute atomic E-state index is 12.9. The highest BCUT2D eigenvalue weighted by atomic mass is 32.2. The van der Waals surface area contributed by atoms with Crippen LogP contribution in [0, 0.1) is 0 Å². The number of aliphatic hydroxyl groups excluding tert-OH is 1. The predicted octanol–water partition coefficient (Wildman–Crippen LogP) is 7.66. The molecule has 5 aromatic rings. The molecule has 0 bridgehead atoms. The number of aliphatic hydroxyl groups is 1. The second-order valence-corrected chi connectivity index (χ2v) is 11.3. The molecule has 5 aromatic carbocycles. The van der Waals surface area contributed by atoms with Crippen molar-refractivity contribution < 1.29 is 9.90 Å². The van der Waals surface area contributed by atoms with Gasteiger partial charge in [0.2, 0.25) is 0 Å². The van der Waals surface area contributed by atoms with Gasteiger partial charge < -0.3 is 5.11 Å². The number of rotatable bonds is 8. The average molecular weight is 506 g/mol. The Labute approximate surface area is 219 Å². The first-order chi connectivity index (χ1) is 17.7. The van der Waals surface area contributed by atoms with Crippen molar-refractivity contribution >= 4 is 28.4 Å². The monoisotopic (exact) mass is 505 g/mol. The highest BCUT2D eigenvalue weighted by Gasteiger charge is 2.28. The van der Waals surface area contributed by atoms with Gasteiger partial charge in [-0.1, -0.05) is 72.4 Å². The average Bonchev–Trinajstić information content (AvgIpc) is 2.95. The van der Waals surface area contributed by atoms with Gasteiger partial charge in [-0.2, -0.15) is 0 Å². The van der Waals surface area contributed by atoms with Gasteiger partial charge in [-0.25, -0.2) is 0 Å². The Kier molecular flexibility index (Phi) is 7.67. The Morgan fingerprint density at radius 2 is 1.06 bits per heavy atom. The summed E-state index contributed by atoms with van der Waals surface area (Å²) in [6.07, 6.45) is 0. The molecule has 0 saturated carbocycles. The standard InChI is InChI=1S/C32H25O2S2/c33-23-25-9-7-8-14-31(25)32(34)24-15-17-26(18-16-24)35-27-19-21-30(22-20-27)36(28-10-3-1-4-11-28)29-12-5-2-6-13-29/h1-22,33H,23H2/q+1. The number of hydrogen-bond donors (Lipinski definition) is 1. The zero-order chi connectivity index (χ0) is 24.7. The van der Waals surface area contributed by atoms with Gasteiger partial charge in [-0.3, -0.25) is 4.79 Å². The molecule has 0 aromatic heterocycles. The summed E-state index contributed by atoms with van der Waals surface area (Å²) >= 11 is 1.68. The molecule has 0 aliphatic carbocycles. The lowest BCUT2D eigenvalue weighted by molar-refractivity contribution is 0.103. The second kappa shape index (κ2) is 11.4. The summed E-state index contributed by atoms with van der Waals surface area (Å²) in [4.78, 5) is 19.0. The molecule has 4 heteroatoms. The van der Waals surface area contributed by atoms with Gasteiger partial charge in [0.25, 0.3) is 0 Å². The van der Waals surface area contributed by atoms with Gasteiger partial charge in [0.05, 0.1) is 17.5 Å². The molecule has 5 rings (SSSR count). The minimum Gasteiger partial charge on any atom is -0.392 e. The number of carbonyl (C=O) groups excluding carboxylic acids is 1. The SMILES string of the molecule is O=C(c1ccc(Sc2ccc([S+](c3ccccc3)c3ccccc3)cc2)cc1)c1ccccc1CO. The third kappa shape index (κ3) is 5.47. The Balaban J connectivity index is 1.34. The van der Waals surface area contributed by atoms with Gasteiger partial charge >= 0.3 is 0 Å². The summed E-state index contributed by atoms with van der Waals surface area (Å²) in [5.41, 5.74) is 1.81. The van der Waals surface area contributed by atoms with Gasteiger partial charge in [0, 0.05) is 20.9 Å². The molecule has 0 atom stereocenters. The Bertz CT molecular complexity index is 1390. The lowest BCUT2D eigenvalue weighted by Crippen LogP contribution is -2.05. The third-order valence-corrected chi connectivity index (χ3v) is 9.05. The molecule has 0 unspecified atom stereocenters. The van der Waals surface area contributed by atoms with Crippen molar-refractivity contribution in [2.24, 2.45) is 0 Å². The van der Waals surface area contributed by atoms with Crippen LogP contribution in [0.1, 0.15) is 21.5 Å². The van der Waals surface area contributed by atoms with Crippen molar-refractivity contribution in [1.29, 1.82) is 0 Å². The van der Waals surface area contributed by atoms with Crippen molar-refractivity contribution in [1.82, 2.24) is 0 Å². The molecule has 0 aliphatic heterocycles. The maximum Gasteiger partial charge on any atom is 0.193 e. The fraction of sp³-hybridized carbons (Fsp3) is 0.0312. The molecule has 2 nitrogen and oxygen atoms in total. The molecular formula is C32H25O2S2+. The summed E-state index contributed by atoms with van der Waals surface area (Å²) in [5, 5.41) is 9.55. The van der Waals surface area contributed by atoms with Crippen LogP contribution in [0.5, 0.6) is 0 Å². The van der Waals surface area contributed by atoms with Crippen LogP contribution in [-0.2, 0) is 17.5 Å². The van der Waals surface area contributed by atoms with Crippen LogP contribution in [0.2, 0.25) is 0 Å². The fourth-order valence-electron chi connectivity index (χ4n) is 4.01. The van der Waals surface area contributed by atoms with E-state index in [1.54, 1.807) is 23.9 Å². The largest absolute Gasteiger partial charge is 0.392 e. The van der Waals surface area contributed by atoms with Crippen LogP contribution in [0.4, 0.5) is 0 Å². The molecule has 176 valence electrons. The van der Waals surface area contributed by atoms with Crippen molar-refractivity contribution in [3.05, 3.63) is 150 Å². The van der Waals surface area contributed by atoms with Crippen LogP contribution < -0.4 is 0 Å². The summed E-state index contributed by atoms with van der Waals surface area (Å²) < 4.78 is 0. The highest BCUT2D eigenvalue weighted by Crippen LogP contribution is 2.34. The third-order valence-electron chi connectivity index (χ3n) is 5.80. The van der Waals surface area contributed by atoms with E-state index in [1.165, 1.54) is 14.7 Å². The van der Waals surface area contributed by atoms with E-state index in [2.05, 4.69) is 84.9 Å². The van der Waals surface area contributed by atoms with Crippen molar-refractivity contribution in [3.8, 4) is 0 Å². The summed E-state index contributed by atoms with van der Waals surface area (Å²) in [5.74, 6) is -0.0746. The minimum absolute atomic E-state index is 0.0746. The lowest BCUT2D eigenvalue weighted by Gasteiger charge is -2.09. The van der Waals surface area contributed by atoms with Gasteiger partial charge in [0.15, 0.2) is 20.5 Å². The molecule has 0 aliphatic rings. The van der Waals surface area contributed by atoms with E-state index in [0.717, 1.165) is 9.79 Å². The number of carbonyl (C=O) groups is 1. The smallest absolute Gasteiger partial charge is 0.193 e. The molecule has 0 spiro atoms. The van der Waals surface area contributed by atoms with Gasteiger partial charge in [0.1, 0.15) is 0 Å². The molecule has 0 radical (unpaired) electrons. The number of ketones is 1. The maximum atomic E-state index is 12.9. The molecular weight excluding hydrogens is 480 g/mol. The van der Waals surface area contributed by atoms with E-state index in [0.29, 0.717) is 16.7 Å². The van der Waals surface area contributed by atoms with Crippen LogP contribution in [0.25, 0.3) is 0 Å². The lowest BCUT2D eigenvalue weighted by atomic mass is 9.99. The number of hydrogen-bond acceptors (Lipinski definition) is 3. The van der Waals surface area contributed by atoms with E-state index in [-0.39, 0.29) is 23.3 Å². The first kappa shape index (κ1) is 24.1. The van der Waals surface area contributed by atoms with E-state index in [1.807, 2.05) is 36.4 Å². The Hall–Kier alpha value is -3.57.